The van der Waals surface area contributed by atoms with Crippen LogP contribution in [0.3, 0.4) is 0 Å². The monoisotopic (exact) mass is 346 g/mol. The van der Waals surface area contributed by atoms with Gasteiger partial charge in [-0.2, -0.15) is 5.10 Å². The van der Waals surface area contributed by atoms with Crippen molar-refractivity contribution in [3.05, 3.63) is 40.3 Å². The number of H-pyrrole nitrogens is 1. The molecule has 0 aliphatic carbocycles. The van der Waals surface area contributed by atoms with E-state index in [9.17, 15) is 9.59 Å². The van der Waals surface area contributed by atoms with Crippen LogP contribution in [0.2, 0.25) is 0 Å². The maximum atomic E-state index is 12.8. The molecule has 0 unspecified atom stereocenters. The Labute approximate surface area is 145 Å². The normalized spacial score (nSPS) is 19.0. The largest absolute Gasteiger partial charge is 0.348 e. The minimum atomic E-state index is -0.248. The molecule has 2 amide bonds. The Hall–Kier alpha value is -2.15. The zero-order valence-electron chi connectivity index (χ0n) is 13.7. The lowest BCUT2D eigenvalue weighted by atomic mass is 9.94. The highest BCUT2D eigenvalue weighted by molar-refractivity contribution is 7.10. The van der Waals surface area contributed by atoms with Gasteiger partial charge < -0.3 is 10.2 Å². The molecule has 1 fully saturated rings. The van der Waals surface area contributed by atoms with Crippen LogP contribution >= 0.6 is 11.3 Å². The van der Waals surface area contributed by atoms with Crippen LogP contribution in [-0.2, 0) is 9.59 Å². The van der Waals surface area contributed by atoms with E-state index in [4.69, 9.17) is 0 Å². The van der Waals surface area contributed by atoms with Crippen molar-refractivity contribution in [2.45, 2.75) is 38.1 Å². The second-order valence-electron chi connectivity index (χ2n) is 6.16. The number of thiophene rings is 1. The number of carbonyl (C=O) groups excluding carboxylic acids is 2. The number of aromatic nitrogens is 2. The predicted molar refractivity (Wildman–Crippen MR) is 92.6 cm³/mol. The van der Waals surface area contributed by atoms with Crippen molar-refractivity contribution >= 4 is 23.2 Å². The van der Waals surface area contributed by atoms with E-state index in [1.54, 1.807) is 17.5 Å². The van der Waals surface area contributed by atoms with Gasteiger partial charge >= 0.3 is 0 Å². The van der Waals surface area contributed by atoms with E-state index < -0.39 is 0 Å². The quantitative estimate of drug-likeness (QED) is 0.873. The van der Waals surface area contributed by atoms with Gasteiger partial charge in [-0.15, -0.1) is 11.3 Å². The number of likely N-dealkylation sites (tertiary alicyclic amines) is 1. The van der Waals surface area contributed by atoms with Crippen molar-refractivity contribution < 1.29 is 9.59 Å². The molecule has 2 N–H and O–H groups in total. The fourth-order valence-electron chi connectivity index (χ4n) is 3.21. The highest BCUT2D eigenvalue weighted by Crippen LogP contribution is 2.28. The Balaban J connectivity index is 1.65. The van der Waals surface area contributed by atoms with Gasteiger partial charge in [-0.3, -0.25) is 14.7 Å². The van der Waals surface area contributed by atoms with Gasteiger partial charge in [0, 0.05) is 42.7 Å². The number of piperidine rings is 1. The molecule has 0 aromatic carbocycles. The number of nitrogens with one attached hydrogen (secondary N) is 2. The Morgan fingerprint density at radius 3 is 3.04 bits per heavy atom. The van der Waals surface area contributed by atoms with Gasteiger partial charge in [0.05, 0.1) is 12.5 Å². The first-order valence-corrected chi connectivity index (χ1v) is 9.09. The van der Waals surface area contributed by atoms with Crippen LogP contribution in [0.15, 0.2) is 29.8 Å². The molecule has 1 saturated heterocycles. The van der Waals surface area contributed by atoms with Gasteiger partial charge in [0.15, 0.2) is 0 Å². The maximum Gasteiger partial charge on any atom is 0.225 e. The number of rotatable bonds is 5. The Bertz CT molecular complexity index is 669. The molecule has 7 heteroatoms. The molecule has 0 saturated carbocycles. The van der Waals surface area contributed by atoms with E-state index in [1.165, 1.54) is 6.92 Å². The van der Waals surface area contributed by atoms with Crippen molar-refractivity contribution in [1.29, 1.82) is 0 Å². The third-order valence-corrected chi connectivity index (χ3v) is 5.37. The first kappa shape index (κ1) is 16.7. The molecule has 0 spiro atoms. The number of nitrogens with zero attached hydrogens (tertiary/aromatic N) is 2. The maximum absolute atomic E-state index is 12.8. The van der Waals surface area contributed by atoms with E-state index in [-0.39, 0.29) is 17.9 Å². The summed E-state index contributed by atoms with van der Waals surface area (Å²) in [6.07, 6.45) is 4.10. The lowest BCUT2D eigenvalue weighted by Gasteiger charge is -2.33. The molecule has 1 aliphatic heterocycles. The third kappa shape index (κ3) is 4.03. The Morgan fingerprint density at radius 2 is 2.38 bits per heavy atom. The first-order valence-electron chi connectivity index (χ1n) is 8.21. The highest BCUT2D eigenvalue weighted by atomic mass is 32.1. The van der Waals surface area contributed by atoms with Crippen LogP contribution in [0.25, 0.3) is 0 Å². The SMILES string of the molecule is CC(=O)N[C@@H](CC(=O)N1CCC[C@H](c2ccn[nH]2)C1)c1cccs1. The van der Waals surface area contributed by atoms with Crippen LogP contribution in [0.5, 0.6) is 0 Å². The molecule has 24 heavy (non-hydrogen) atoms. The second-order valence-corrected chi connectivity index (χ2v) is 7.14. The van der Waals surface area contributed by atoms with Crippen molar-refractivity contribution in [1.82, 2.24) is 20.4 Å². The van der Waals surface area contributed by atoms with Gasteiger partial charge in [0.25, 0.3) is 0 Å². The molecule has 2 aromatic heterocycles. The van der Waals surface area contributed by atoms with Crippen LogP contribution in [0, 0.1) is 0 Å². The number of hydrogen-bond acceptors (Lipinski definition) is 4. The summed E-state index contributed by atoms with van der Waals surface area (Å²) >= 11 is 1.56. The van der Waals surface area contributed by atoms with E-state index in [1.807, 2.05) is 28.5 Å². The highest BCUT2D eigenvalue weighted by Gasteiger charge is 2.28. The van der Waals surface area contributed by atoms with Gasteiger partial charge in [-0.1, -0.05) is 6.07 Å². The van der Waals surface area contributed by atoms with Crippen LogP contribution in [-0.4, -0.2) is 40.0 Å². The molecule has 0 bridgehead atoms. The van der Waals surface area contributed by atoms with Crippen molar-refractivity contribution in [2.75, 3.05) is 13.1 Å². The summed E-state index contributed by atoms with van der Waals surface area (Å²) in [4.78, 5) is 27.2. The third-order valence-electron chi connectivity index (χ3n) is 4.38. The number of carbonyl (C=O) groups is 2. The summed E-state index contributed by atoms with van der Waals surface area (Å²) in [6, 6.07) is 5.63. The summed E-state index contributed by atoms with van der Waals surface area (Å²) in [7, 11) is 0. The zero-order valence-corrected chi connectivity index (χ0v) is 14.5. The first-order chi connectivity index (χ1) is 11.6. The predicted octanol–water partition coefficient (Wildman–Crippen LogP) is 2.44. The lowest BCUT2D eigenvalue weighted by molar-refractivity contribution is -0.133. The molecule has 1 aliphatic rings. The van der Waals surface area contributed by atoms with Gasteiger partial charge in [0.1, 0.15) is 0 Å². The number of hydrogen-bond donors (Lipinski definition) is 2. The van der Waals surface area contributed by atoms with Crippen molar-refractivity contribution in [2.24, 2.45) is 0 Å². The fourth-order valence-corrected chi connectivity index (χ4v) is 3.99. The minimum Gasteiger partial charge on any atom is -0.348 e. The number of amides is 2. The molecule has 6 nitrogen and oxygen atoms in total. The van der Waals surface area contributed by atoms with E-state index in [0.717, 1.165) is 30.0 Å². The molecule has 2 aromatic rings. The molecule has 2 atom stereocenters. The average Bonchev–Trinajstić information content (AvgIpc) is 3.27. The smallest absolute Gasteiger partial charge is 0.225 e. The summed E-state index contributed by atoms with van der Waals surface area (Å²) in [6.45, 7) is 2.97. The Morgan fingerprint density at radius 1 is 1.50 bits per heavy atom. The molecule has 128 valence electrons. The van der Waals surface area contributed by atoms with E-state index in [2.05, 4.69) is 15.5 Å². The van der Waals surface area contributed by atoms with Crippen LogP contribution < -0.4 is 5.32 Å². The minimum absolute atomic E-state index is 0.0892. The molecule has 3 rings (SSSR count). The van der Waals surface area contributed by atoms with Gasteiger partial charge in [-0.25, -0.2) is 0 Å². The summed E-state index contributed by atoms with van der Waals surface area (Å²) in [5.74, 6) is 0.285. The van der Waals surface area contributed by atoms with Gasteiger partial charge in [0.2, 0.25) is 11.8 Å². The molecular formula is C17H22N4O2S. The Kier molecular flexibility index (Phi) is 5.30. The fraction of sp³-hybridized carbons (Fsp3) is 0.471. The van der Waals surface area contributed by atoms with Crippen molar-refractivity contribution in [3.63, 3.8) is 0 Å². The lowest BCUT2D eigenvalue weighted by Crippen LogP contribution is -2.41. The summed E-state index contributed by atoms with van der Waals surface area (Å²) in [5.41, 5.74) is 1.09. The topological polar surface area (TPSA) is 78.1 Å². The molecular weight excluding hydrogens is 324 g/mol. The van der Waals surface area contributed by atoms with E-state index >= 15 is 0 Å². The number of aromatic amines is 1. The summed E-state index contributed by atoms with van der Waals surface area (Å²) < 4.78 is 0. The van der Waals surface area contributed by atoms with E-state index in [0.29, 0.717) is 18.9 Å². The molecule has 0 radical (unpaired) electrons. The second kappa shape index (κ2) is 7.61. The average molecular weight is 346 g/mol. The van der Waals surface area contributed by atoms with Crippen LogP contribution in [0.4, 0.5) is 0 Å². The molecule has 3 heterocycles. The standard InChI is InChI=1S/C17H22N4O2S/c1-12(22)19-15(16-5-3-9-24-16)10-17(23)21-8-2-4-13(11-21)14-6-7-18-20-14/h3,5-7,9,13,15H,2,4,8,10-11H2,1H3,(H,18,20)(H,19,22)/t13-,15-/m0/s1. The van der Waals surface area contributed by atoms with Gasteiger partial charge in [-0.05, 0) is 30.4 Å². The summed E-state index contributed by atoms with van der Waals surface area (Å²) in [5, 5.41) is 11.9. The zero-order chi connectivity index (χ0) is 16.9. The van der Waals surface area contributed by atoms with Crippen LogP contribution in [0.1, 0.15) is 48.7 Å². The van der Waals surface area contributed by atoms with Crippen molar-refractivity contribution in [3.8, 4) is 0 Å².